The van der Waals surface area contributed by atoms with E-state index in [0.29, 0.717) is 0 Å². The molecular weight excluding hydrogens is 248 g/mol. The molecule has 0 amide bonds. The van der Waals surface area contributed by atoms with E-state index in [0.717, 1.165) is 12.0 Å². The first-order valence-corrected chi connectivity index (χ1v) is 6.83. The summed E-state index contributed by atoms with van der Waals surface area (Å²) in [4.78, 5) is 11.5. The van der Waals surface area contributed by atoms with Crippen LogP contribution in [0.3, 0.4) is 0 Å². The first kappa shape index (κ1) is 14.3. The number of hydrogen-bond donors (Lipinski definition) is 0. The third kappa shape index (κ3) is 3.27. The molecule has 0 radical (unpaired) electrons. The maximum Gasteiger partial charge on any atom is 0.312 e. The lowest BCUT2D eigenvalue weighted by Crippen LogP contribution is -2.10. The molecule has 0 aromatic heterocycles. The normalized spacial score (nSPS) is 11.9. The maximum atomic E-state index is 11.5. The lowest BCUT2D eigenvalue weighted by atomic mass is 9.96. The van der Waals surface area contributed by atoms with E-state index < -0.39 is 0 Å². The van der Waals surface area contributed by atoms with E-state index in [1.165, 1.54) is 23.8 Å². The third-order valence-corrected chi connectivity index (χ3v) is 3.69. The predicted octanol–water partition coefficient (Wildman–Crippen LogP) is 3.86. The second kappa shape index (κ2) is 6.38. The van der Waals surface area contributed by atoms with Crippen molar-refractivity contribution in [1.82, 2.24) is 0 Å². The maximum absolute atomic E-state index is 11.5. The second-order valence-electron chi connectivity index (χ2n) is 5.09. The summed E-state index contributed by atoms with van der Waals surface area (Å²) in [6, 6.07) is 16.6. The molecule has 2 rings (SSSR count). The van der Waals surface area contributed by atoms with Crippen molar-refractivity contribution in [3.63, 3.8) is 0 Å². The molecule has 0 aliphatic heterocycles. The highest BCUT2D eigenvalue weighted by Crippen LogP contribution is 2.19. The minimum absolute atomic E-state index is 0.198. The lowest BCUT2D eigenvalue weighted by Gasteiger charge is -2.11. The van der Waals surface area contributed by atoms with Crippen LogP contribution < -0.4 is 0 Å². The summed E-state index contributed by atoms with van der Waals surface area (Å²) in [7, 11) is 1.42. The van der Waals surface area contributed by atoms with Gasteiger partial charge in [-0.05, 0) is 42.5 Å². The van der Waals surface area contributed by atoms with Crippen LogP contribution in [0.1, 0.15) is 35.1 Å². The molecule has 104 valence electrons. The van der Waals surface area contributed by atoms with Crippen LogP contribution in [0.15, 0.2) is 48.5 Å². The molecular formula is C18H20O2. The Balaban J connectivity index is 2.13. The number of hydrogen-bond acceptors (Lipinski definition) is 2. The van der Waals surface area contributed by atoms with E-state index in [1.807, 2.05) is 19.1 Å². The highest BCUT2D eigenvalue weighted by molar-refractivity contribution is 5.77. The van der Waals surface area contributed by atoms with Gasteiger partial charge in [-0.15, -0.1) is 0 Å². The van der Waals surface area contributed by atoms with Crippen molar-refractivity contribution in [3.05, 3.63) is 70.8 Å². The smallest absolute Gasteiger partial charge is 0.312 e. The van der Waals surface area contributed by atoms with Gasteiger partial charge in [-0.3, -0.25) is 4.79 Å². The number of carbonyl (C=O) groups excluding carboxylic acids is 1. The number of benzene rings is 2. The van der Waals surface area contributed by atoms with Gasteiger partial charge >= 0.3 is 5.97 Å². The first-order valence-electron chi connectivity index (χ1n) is 6.83. The largest absolute Gasteiger partial charge is 0.469 e. The van der Waals surface area contributed by atoms with E-state index in [1.54, 1.807) is 0 Å². The van der Waals surface area contributed by atoms with Crippen LogP contribution in [0, 0.1) is 6.92 Å². The highest BCUT2D eigenvalue weighted by Gasteiger charge is 2.15. The third-order valence-electron chi connectivity index (χ3n) is 3.69. The van der Waals surface area contributed by atoms with Crippen LogP contribution >= 0.6 is 0 Å². The summed E-state index contributed by atoms with van der Waals surface area (Å²) in [5, 5.41) is 0. The molecule has 0 spiro atoms. The van der Waals surface area contributed by atoms with Crippen LogP contribution in [-0.4, -0.2) is 13.1 Å². The topological polar surface area (TPSA) is 26.3 Å². The van der Waals surface area contributed by atoms with Gasteiger partial charge in [0, 0.05) is 0 Å². The number of carbonyl (C=O) groups is 1. The molecule has 0 aliphatic carbocycles. The fraction of sp³-hybridized carbons (Fsp3) is 0.278. The van der Waals surface area contributed by atoms with Gasteiger partial charge in [0.1, 0.15) is 0 Å². The van der Waals surface area contributed by atoms with Gasteiger partial charge in [0.25, 0.3) is 0 Å². The molecule has 2 aromatic carbocycles. The molecule has 1 atom stereocenters. The van der Waals surface area contributed by atoms with E-state index in [4.69, 9.17) is 4.74 Å². The Morgan fingerprint density at radius 1 is 1.10 bits per heavy atom. The van der Waals surface area contributed by atoms with Crippen molar-refractivity contribution in [1.29, 1.82) is 0 Å². The molecule has 0 saturated carbocycles. The average Bonchev–Trinajstić information content (AvgIpc) is 2.49. The zero-order chi connectivity index (χ0) is 14.5. The predicted molar refractivity (Wildman–Crippen MR) is 80.9 cm³/mol. The van der Waals surface area contributed by atoms with E-state index in [-0.39, 0.29) is 11.9 Å². The van der Waals surface area contributed by atoms with Crippen molar-refractivity contribution in [2.24, 2.45) is 0 Å². The Morgan fingerprint density at radius 2 is 1.75 bits per heavy atom. The van der Waals surface area contributed by atoms with Crippen molar-refractivity contribution in [3.8, 4) is 0 Å². The number of esters is 1. The Hall–Kier alpha value is -2.09. The Bertz CT molecular complexity index is 585. The summed E-state index contributed by atoms with van der Waals surface area (Å²) in [6.45, 7) is 3.99. The number of ether oxygens (including phenoxy) is 1. The number of methoxy groups -OCH3 is 1. The van der Waals surface area contributed by atoms with Crippen LogP contribution in [-0.2, 0) is 16.0 Å². The minimum Gasteiger partial charge on any atom is -0.469 e. The lowest BCUT2D eigenvalue weighted by molar-refractivity contribution is -0.141. The van der Waals surface area contributed by atoms with Gasteiger partial charge in [0.15, 0.2) is 0 Å². The zero-order valence-electron chi connectivity index (χ0n) is 12.2. The molecule has 0 N–H and O–H groups in total. The van der Waals surface area contributed by atoms with E-state index >= 15 is 0 Å². The number of aryl methyl sites for hydroxylation is 1. The monoisotopic (exact) mass is 268 g/mol. The van der Waals surface area contributed by atoms with Gasteiger partial charge in [-0.1, -0.05) is 48.5 Å². The molecule has 0 bridgehead atoms. The van der Waals surface area contributed by atoms with Gasteiger partial charge < -0.3 is 4.74 Å². The highest BCUT2D eigenvalue weighted by atomic mass is 16.5. The van der Waals surface area contributed by atoms with Crippen LogP contribution in [0.5, 0.6) is 0 Å². The molecule has 1 unspecified atom stereocenters. The SMILES string of the molecule is COC(=O)C(C)c1ccc(Cc2ccccc2C)cc1. The minimum atomic E-state index is -0.215. The fourth-order valence-corrected chi connectivity index (χ4v) is 2.27. The Morgan fingerprint density at radius 3 is 2.35 bits per heavy atom. The van der Waals surface area contributed by atoms with Crippen LogP contribution in [0.4, 0.5) is 0 Å². The van der Waals surface area contributed by atoms with Crippen LogP contribution in [0.2, 0.25) is 0 Å². The fourth-order valence-electron chi connectivity index (χ4n) is 2.27. The summed E-state index contributed by atoms with van der Waals surface area (Å²) in [6.07, 6.45) is 0.916. The molecule has 2 nitrogen and oxygen atoms in total. The molecule has 20 heavy (non-hydrogen) atoms. The molecule has 2 aromatic rings. The summed E-state index contributed by atoms with van der Waals surface area (Å²) in [5.74, 6) is -0.413. The van der Waals surface area contributed by atoms with E-state index in [9.17, 15) is 4.79 Å². The van der Waals surface area contributed by atoms with Crippen LogP contribution in [0.25, 0.3) is 0 Å². The molecule has 0 fully saturated rings. The van der Waals surface area contributed by atoms with Gasteiger partial charge in [-0.2, -0.15) is 0 Å². The summed E-state index contributed by atoms with van der Waals surface area (Å²) < 4.78 is 4.77. The average molecular weight is 268 g/mol. The Labute approximate surface area is 120 Å². The summed E-state index contributed by atoms with van der Waals surface area (Å²) in [5.41, 5.74) is 4.88. The Kier molecular flexibility index (Phi) is 4.57. The quantitative estimate of drug-likeness (QED) is 0.787. The standard InChI is InChI=1S/C18H20O2/c1-13-6-4-5-7-17(13)12-15-8-10-16(11-9-15)14(2)18(19)20-3/h4-11,14H,12H2,1-3H3. The first-order chi connectivity index (χ1) is 9.61. The van der Waals surface area contributed by atoms with Crippen molar-refractivity contribution >= 4 is 5.97 Å². The van der Waals surface area contributed by atoms with Gasteiger partial charge in [-0.25, -0.2) is 0 Å². The van der Waals surface area contributed by atoms with Gasteiger partial charge in [0.05, 0.1) is 13.0 Å². The second-order valence-corrected chi connectivity index (χ2v) is 5.09. The zero-order valence-corrected chi connectivity index (χ0v) is 12.2. The van der Waals surface area contributed by atoms with Gasteiger partial charge in [0.2, 0.25) is 0 Å². The molecule has 2 heteroatoms. The molecule has 0 heterocycles. The van der Waals surface area contributed by atoms with Crippen molar-refractivity contribution < 1.29 is 9.53 Å². The molecule has 0 aliphatic rings. The van der Waals surface area contributed by atoms with E-state index in [2.05, 4.69) is 43.3 Å². The molecule has 0 saturated heterocycles. The summed E-state index contributed by atoms with van der Waals surface area (Å²) >= 11 is 0. The number of rotatable bonds is 4. The van der Waals surface area contributed by atoms with Crippen molar-refractivity contribution in [2.45, 2.75) is 26.2 Å². The van der Waals surface area contributed by atoms with Crippen molar-refractivity contribution in [2.75, 3.05) is 7.11 Å².